The van der Waals surface area contributed by atoms with Crippen LogP contribution in [0.1, 0.15) is 11.5 Å². The molecule has 0 aromatic heterocycles. The molecule has 0 aliphatic rings. The Morgan fingerprint density at radius 2 is 1.52 bits per heavy atom. The van der Waals surface area contributed by atoms with E-state index in [1.807, 2.05) is 0 Å². The zero-order chi connectivity index (χ0) is 16.1. The van der Waals surface area contributed by atoms with Gasteiger partial charge in [0.05, 0.1) is 32.8 Å². The standard InChI is InChI=1S/C12H18O7S2/c1-17-12-6-4-5-10(7-12)11(8-18-20(2,13)14)9-19-21(3,15)16/h4-7,11H,8-9H2,1-3H3. The molecule has 21 heavy (non-hydrogen) atoms. The van der Waals surface area contributed by atoms with Crippen molar-refractivity contribution in [1.82, 2.24) is 0 Å². The third-order valence-electron chi connectivity index (χ3n) is 2.53. The first-order valence-corrected chi connectivity index (χ1v) is 9.57. The smallest absolute Gasteiger partial charge is 0.264 e. The molecule has 1 aromatic carbocycles. The Bertz CT molecular complexity index is 629. The van der Waals surface area contributed by atoms with E-state index >= 15 is 0 Å². The Morgan fingerprint density at radius 3 is 1.95 bits per heavy atom. The summed E-state index contributed by atoms with van der Waals surface area (Å²) in [5, 5.41) is 0. The first-order valence-electron chi connectivity index (χ1n) is 5.93. The maximum absolute atomic E-state index is 11.1. The summed E-state index contributed by atoms with van der Waals surface area (Å²) < 4.78 is 58.9. The number of hydrogen-bond donors (Lipinski definition) is 0. The largest absolute Gasteiger partial charge is 0.497 e. The third kappa shape index (κ3) is 7.42. The van der Waals surface area contributed by atoms with Gasteiger partial charge < -0.3 is 4.74 Å². The molecule has 1 aromatic rings. The molecular weight excluding hydrogens is 320 g/mol. The highest BCUT2D eigenvalue weighted by Crippen LogP contribution is 2.22. The Hall–Kier alpha value is -1.16. The number of ether oxygens (including phenoxy) is 1. The maximum atomic E-state index is 11.1. The lowest BCUT2D eigenvalue weighted by Crippen LogP contribution is -2.19. The van der Waals surface area contributed by atoms with Crippen LogP contribution in [0.4, 0.5) is 0 Å². The van der Waals surface area contributed by atoms with Gasteiger partial charge in [-0.2, -0.15) is 16.8 Å². The molecule has 0 aliphatic carbocycles. The van der Waals surface area contributed by atoms with E-state index in [9.17, 15) is 16.8 Å². The van der Waals surface area contributed by atoms with Crippen molar-refractivity contribution in [2.45, 2.75) is 5.92 Å². The molecule has 0 aliphatic heterocycles. The van der Waals surface area contributed by atoms with Gasteiger partial charge in [0.2, 0.25) is 0 Å². The quantitative estimate of drug-likeness (QED) is 0.645. The first kappa shape index (κ1) is 17.9. The average molecular weight is 338 g/mol. The van der Waals surface area contributed by atoms with E-state index in [0.29, 0.717) is 11.3 Å². The second-order valence-electron chi connectivity index (χ2n) is 4.45. The molecule has 0 atom stereocenters. The number of benzene rings is 1. The van der Waals surface area contributed by atoms with Crippen molar-refractivity contribution in [2.24, 2.45) is 0 Å². The molecule has 0 radical (unpaired) electrons. The summed E-state index contributed by atoms with van der Waals surface area (Å²) in [4.78, 5) is 0. The molecule has 0 unspecified atom stereocenters. The summed E-state index contributed by atoms with van der Waals surface area (Å²) in [6.07, 6.45) is 1.85. The van der Waals surface area contributed by atoms with E-state index in [1.54, 1.807) is 24.3 Å². The lowest BCUT2D eigenvalue weighted by molar-refractivity contribution is 0.228. The molecule has 0 spiro atoms. The van der Waals surface area contributed by atoms with Gasteiger partial charge in [-0.25, -0.2) is 0 Å². The Balaban J connectivity index is 2.93. The highest BCUT2D eigenvalue weighted by atomic mass is 32.2. The van der Waals surface area contributed by atoms with Gasteiger partial charge in [-0.15, -0.1) is 0 Å². The van der Waals surface area contributed by atoms with Crippen LogP contribution in [0.3, 0.4) is 0 Å². The predicted octanol–water partition coefficient (Wildman–Crippen LogP) is 0.731. The van der Waals surface area contributed by atoms with Crippen molar-refractivity contribution in [3.8, 4) is 5.75 Å². The van der Waals surface area contributed by atoms with E-state index in [4.69, 9.17) is 13.1 Å². The lowest BCUT2D eigenvalue weighted by atomic mass is 10.0. The van der Waals surface area contributed by atoms with Crippen molar-refractivity contribution in [1.29, 1.82) is 0 Å². The van der Waals surface area contributed by atoms with Gasteiger partial charge in [-0.1, -0.05) is 12.1 Å². The topological polar surface area (TPSA) is 96.0 Å². The van der Waals surface area contributed by atoms with Crippen LogP contribution < -0.4 is 4.74 Å². The minimum atomic E-state index is -3.63. The minimum Gasteiger partial charge on any atom is -0.497 e. The van der Waals surface area contributed by atoms with Gasteiger partial charge in [-0.05, 0) is 17.7 Å². The van der Waals surface area contributed by atoms with Crippen molar-refractivity contribution >= 4 is 20.2 Å². The number of methoxy groups -OCH3 is 1. The zero-order valence-corrected chi connectivity index (χ0v) is 13.6. The Labute approximate surface area is 125 Å². The molecule has 0 N–H and O–H groups in total. The van der Waals surface area contributed by atoms with Crippen LogP contribution >= 0.6 is 0 Å². The number of rotatable bonds is 8. The van der Waals surface area contributed by atoms with Crippen molar-refractivity contribution in [3.05, 3.63) is 29.8 Å². The van der Waals surface area contributed by atoms with Crippen LogP contribution in [0.25, 0.3) is 0 Å². The summed E-state index contributed by atoms with van der Waals surface area (Å²) in [5.74, 6) is 0.000705. The van der Waals surface area contributed by atoms with Gasteiger partial charge in [-0.3, -0.25) is 8.37 Å². The van der Waals surface area contributed by atoms with Crippen LogP contribution in [0, 0.1) is 0 Å². The Morgan fingerprint density at radius 1 is 1.00 bits per heavy atom. The SMILES string of the molecule is COc1cccc(C(COS(C)(=O)=O)COS(C)(=O)=O)c1. The molecule has 0 bridgehead atoms. The second-order valence-corrected chi connectivity index (χ2v) is 7.74. The maximum Gasteiger partial charge on any atom is 0.264 e. The normalized spacial score (nSPS) is 12.6. The van der Waals surface area contributed by atoms with Crippen LogP contribution in [0.2, 0.25) is 0 Å². The van der Waals surface area contributed by atoms with E-state index in [0.717, 1.165) is 12.5 Å². The van der Waals surface area contributed by atoms with Crippen molar-refractivity contribution < 1.29 is 29.9 Å². The highest BCUT2D eigenvalue weighted by Gasteiger charge is 2.18. The third-order valence-corrected chi connectivity index (χ3v) is 3.66. The molecule has 9 heteroatoms. The summed E-state index contributed by atoms with van der Waals surface area (Å²) in [7, 11) is -5.77. The molecule has 0 saturated carbocycles. The van der Waals surface area contributed by atoms with Crippen molar-refractivity contribution in [2.75, 3.05) is 32.8 Å². The van der Waals surface area contributed by atoms with Gasteiger partial charge in [0.15, 0.2) is 0 Å². The van der Waals surface area contributed by atoms with E-state index in [2.05, 4.69) is 0 Å². The van der Waals surface area contributed by atoms with Crippen LogP contribution in [0.5, 0.6) is 5.75 Å². The second kappa shape index (κ2) is 7.21. The fourth-order valence-corrected chi connectivity index (χ4v) is 2.37. The molecule has 0 fully saturated rings. The van der Waals surface area contributed by atoms with E-state index < -0.39 is 26.2 Å². The van der Waals surface area contributed by atoms with Crippen molar-refractivity contribution in [3.63, 3.8) is 0 Å². The van der Waals surface area contributed by atoms with Gasteiger partial charge in [0.1, 0.15) is 5.75 Å². The molecule has 0 saturated heterocycles. The summed E-state index contributed by atoms with van der Waals surface area (Å²) in [6, 6.07) is 6.81. The molecule has 120 valence electrons. The first-order chi connectivity index (χ1) is 9.61. The summed E-state index contributed by atoms with van der Waals surface area (Å²) >= 11 is 0. The summed E-state index contributed by atoms with van der Waals surface area (Å²) in [5.41, 5.74) is 0.654. The van der Waals surface area contributed by atoms with Gasteiger partial charge in [0, 0.05) is 5.92 Å². The van der Waals surface area contributed by atoms with Crippen LogP contribution in [0.15, 0.2) is 24.3 Å². The van der Waals surface area contributed by atoms with Gasteiger partial charge >= 0.3 is 0 Å². The van der Waals surface area contributed by atoms with Crippen LogP contribution in [-0.4, -0.2) is 49.7 Å². The molecule has 0 amide bonds. The zero-order valence-electron chi connectivity index (χ0n) is 12.0. The van der Waals surface area contributed by atoms with E-state index in [-0.39, 0.29) is 13.2 Å². The molecule has 7 nitrogen and oxygen atoms in total. The average Bonchev–Trinajstić information content (AvgIpc) is 2.36. The highest BCUT2D eigenvalue weighted by molar-refractivity contribution is 7.86. The monoisotopic (exact) mass is 338 g/mol. The minimum absolute atomic E-state index is 0.221. The summed E-state index contributed by atoms with van der Waals surface area (Å²) in [6.45, 7) is -0.441. The van der Waals surface area contributed by atoms with Gasteiger partial charge in [0.25, 0.3) is 20.2 Å². The predicted molar refractivity (Wildman–Crippen MR) is 77.3 cm³/mol. The molecule has 1 rings (SSSR count). The lowest BCUT2D eigenvalue weighted by Gasteiger charge is -2.17. The fourth-order valence-electron chi connectivity index (χ4n) is 1.55. The van der Waals surface area contributed by atoms with E-state index in [1.165, 1.54) is 7.11 Å². The Kier molecular flexibility index (Phi) is 6.14. The fraction of sp³-hybridized carbons (Fsp3) is 0.500. The number of hydrogen-bond acceptors (Lipinski definition) is 7. The molecular formula is C12H18O7S2. The molecule has 0 heterocycles. The van der Waals surface area contributed by atoms with Crippen LogP contribution in [-0.2, 0) is 28.6 Å².